The van der Waals surface area contributed by atoms with E-state index < -0.39 is 0 Å². The molecule has 1 saturated carbocycles. The van der Waals surface area contributed by atoms with Crippen LogP contribution in [-0.4, -0.2) is 65.7 Å². The van der Waals surface area contributed by atoms with Gasteiger partial charge in [-0.2, -0.15) is 0 Å². The van der Waals surface area contributed by atoms with Gasteiger partial charge >= 0.3 is 0 Å². The van der Waals surface area contributed by atoms with Crippen LogP contribution in [-0.2, 0) is 0 Å². The topological polar surface area (TPSA) is 46.9 Å². The van der Waals surface area contributed by atoms with E-state index >= 15 is 0 Å². The lowest BCUT2D eigenvalue weighted by atomic mass is 10.1. The second-order valence-corrected chi connectivity index (χ2v) is 8.71. The third-order valence-corrected chi connectivity index (χ3v) is 6.89. The van der Waals surface area contributed by atoms with Crippen molar-refractivity contribution in [3.05, 3.63) is 41.2 Å². The van der Waals surface area contributed by atoms with Gasteiger partial charge in [0.15, 0.2) is 11.5 Å². The quantitative estimate of drug-likeness (QED) is 0.778. The van der Waals surface area contributed by atoms with Crippen LogP contribution < -0.4 is 9.47 Å². The highest BCUT2D eigenvalue weighted by Gasteiger charge is 2.29. The number of carbonyl (C=O) groups is 1. The van der Waals surface area contributed by atoms with Gasteiger partial charge in [0.2, 0.25) is 0 Å². The van der Waals surface area contributed by atoms with Crippen molar-refractivity contribution >= 4 is 5.91 Å². The number of fused-ring (bicyclic) bond motifs is 1. The highest BCUT2D eigenvalue weighted by atomic mass is 16.6. The molecule has 0 radical (unpaired) electrons. The Morgan fingerprint density at radius 2 is 1.63 bits per heavy atom. The van der Waals surface area contributed by atoms with E-state index in [0.717, 1.165) is 66.4 Å². The molecule has 2 aromatic rings. The van der Waals surface area contributed by atoms with Crippen LogP contribution in [0.3, 0.4) is 0 Å². The van der Waals surface area contributed by atoms with E-state index in [0.29, 0.717) is 13.2 Å². The van der Waals surface area contributed by atoms with Crippen LogP contribution in [0.25, 0.3) is 5.69 Å². The Morgan fingerprint density at radius 3 is 2.37 bits per heavy atom. The number of benzene rings is 1. The lowest BCUT2D eigenvalue weighted by molar-refractivity contribution is 0.0572. The minimum Gasteiger partial charge on any atom is -0.486 e. The Hall–Kier alpha value is -2.47. The number of amides is 1. The van der Waals surface area contributed by atoms with Crippen molar-refractivity contribution in [3.8, 4) is 17.2 Å². The number of ether oxygens (including phenoxy) is 2. The van der Waals surface area contributed by atoms with Crippen LogP contribution in [0, 0.1) is 13.8 Å². The molecule has 2 aliphatic heterocycles. The SMILES string of the molecule is Cc1cc(C(=O)N2CCN(C3CCCC3)CC2)c(C)n1-c1ccc2c(c1)OCCO2. The molecule has 0 atom stereocenters. The summed E-state index contributed by atoms with van der Waals surface area (Å²) in [5.41, 5.74) is 3.83. The molecule has 6 nitrogen and oxygen atoms in total. The van der Waals surface area contributed by atoms with Gasteiger partial charge in [-0.3, -0.25) is 9.69 Å². The molecule has 0 bridgehead atoms. The zero-order valence-electron chi connectivity index (χ0n) is 18.0. The number of hydrogen-bond acceptors (Lipinski definition) is 4. The van der Waals surface area contributed by atoms with Gasteiger partial charge < -0.3 is 18.9 Å². The van der Waals surface area contributed by atoms with Gasteiger partial charge in [-0.05, 0) is 44.9 Å². The average Bonchev–Trinajstić information content (AvgIpc) is 3.41. The summed E-state index contributed by atoms with van der Waals surface area (Å²) in [5, 5.41) is 0. The lowest BCUT2D eigenvalue weighted by Gasteiger charge is -2.38. The first-order valence-electron chi connectivity index (χ1n) is 11.2. The first kappa shape index (κ1) is 19.5. The maximum Gasteiger partial charge on any atom is 0.255 e. The molecule has 1 saturated heterocycles. The first-order valence-corrected chi connectivity index (χ1v) is 11.2. The second kappa shape index (κ2) is 7.99. The smallest absolute Gasteiger partial charge is 0.255 e. The fourth-order valence-electron chi connectivity index (χ4n) is 5.28. The second-order valence-electron chi connectivity index (χ2n) is 8.71. The van der Waals surface area contributed by atoms with E-state index in [4.69, 9.17) is 9.47 Å². The van der Waals surface area contributed by atoms with E-state index in [1.165, 1.54) is 25.7 Å². The van der Waals surface area contributed by atoms with Gasteiger partial charge in [0.1, 0.15) is 13.2 Å². The Labute approximate surface area is 178 Å². The van der Waals surface area contributed by atoms with Crippen LogP contribution >= 0.6 is 0 Å². The van der Waals surface area contributed by atoms with Gasteiger partial charge in [-0.15, -0.1) is 0 Å². The predicted octanol–water partition coefficient (Wildman–Crippen LogP) is 3.57. The number of hydrogen-bond donors (Lipinski definition) is 0. The Balaban J connectivity index is 1.34. The van der Waals surface area contributed by atoms with Gasteiger partial charge in [0, 0.05) is 55.4 Å². The average molecular weight is 410 g/mol. The zero-order chi connectivity index (χ0) is 20.7. The standard InChI is InChI=1S/C24H31N3O3/c1-17-15-21(24(28)26-11-9-25(10-12-26)19-5-3-4-6-19)18(2)27(17)20-7-8-22-23(16-20)30-14-13-29-22/h7-8,15-16,19H,3-6,9-14H2,1-2H3. The molecular weight excluding hydrogens is 378 g/mol. The molecule has 1 aliphatic carbocycles. The third kappa shape index (κ3) is 3.47. The molecule has 0 unspecified atom stereocenters. The molecule has 3 heterocycles. The van der Waals surface area contributed by atoms with Crippen LogP contribution in [0.1, 0.15) is 47.4 Å². The van der Waals surface area contributed by atoms with E-state index in [-0.39, 0.29) is 5.91 Å². The normalized spacial score (nSPS) is 20.0. The largest absolute Gasteiger partial charge is 0.486 e. The minimum atomic E-state index is 0.151. The summed E-state index contributed by atoms with van der Waals surface area (Å²) < 4.78 is 13.5. The number of carbonyl (C=O) groups excluding carboxylic acids is 1. The van der Waals surface area contributed by atoms with Crippen molar-refractivity contribution < 1.29 is 14.3 Å². The molecule has 5 rings (SSSR count). The van der Waals surface area contributed by atoms with Crippen molar-refractivity contribution in [2.45, 2.75) is 45.6 Å². The summed E-state index contributed by atoms with van der Waals surface area (Å²) >= 11 is 0. The fraction of sp³-hybridized carbons (Fsp3) is 0.542. The summed E-state index contributed by atoms with van der Waals surface area (Å²) in [6.45, 7) is 8.88. The fourth-order valence-corrected chi connectivity index (χ4v) is 5.28. The maximum absolute atomic E-state index is 13.3. The Kier molecular flexibility index (Phi) is 5.19. The Bertz CT molecular complexity index is 937. The third-order valence-electron chi connectivity index (χ3n) is 6.89. The summed E-state index contributed by atoms with van der Waals surface area (Å²) in [7, 11) is 0. The van der Waals surface area contributed by atoms with Crippen molar-refractivity contribution in [2.24, 2.45) is 0 Å². The van der Waals surface area contributed by atoms with Gasteiger partial charge in [0.05, 0.1) is 5.56 Å². The molecule has 160 valence electrons. The number of nitrogens with zero attached hydrogens (tertiary/aromatic N) is 3. The maximum atomic E-state index is 13.3. The van der Waals surface area contributed by atoms with Crippen LogP contribution in [0.2, 0.25) is 0 Å². The van der Waals surface area contributed by atoms with Crippen LogP contribution in [0.4, 0.5) is 0 Å². The number of rotatable bonds is 3. The monoisotopic (exact) mass is 409 g/mol. The molecule has 1 aromatic carbocycles. The van der Waals surface area contributed by atoms with E-state index in [2.05, 4.69) is 16.4 Å². The lowest BCUT2D eigenvalue weighted by Crippen LogP contribution is -2.51. The molecule has 1 aromatic heterocycles. The molecule has 2 fully saturated rings. The van der Waals surface area contributed by atoms with Gasteiger partial charge in [-0.1, -0.05) is 12.8 Å². The Morgan fingerprint density at radius 1 is 0.933 bits per heavy atom. The number of aromatic nitrogens is 1. The molecular formula is C24H31N3O3. The molecule has 0 N–H and O–H groups in total. The molecule has 3 aliphatic rings. The molecule has 30 heavy (non-hydrogen) atoms. The summed E-state index contributed by atoms with van der Waals surface area (Å²) in [5.74, 6) is 1.70. The molecule has 6 heteroatoms. The highest BCUT2D eigenvalue weighted by molar-refractivity contribution is 5.96. The summed E-state index contributed by atoms with van der Waals surface area (Å²) in [6, 6.07) is 8.75. The molecule has 1 amide bonds. The zero-order valence-corrected chi connectivity index (χ0v) is 18.0. The minimum absolute atomic E-state index is 0.151. The van der Waals surface area contributed by atoms with Crippen molar-refractivity contribution in [2.75, 3.05) is 39.4 Å². The van der Waals surface area contributed by atoms with Crippen LogP contribution in [0.15, 0.2) is 24.3 Å². The summed E-state index contributed by atoms with van der Waals surface area (Å²) in [4.78, 5) is 17.9. The van der Waals surface area contributed by atoms with E-state index in [9.17, 15) is 4.79 Å². The molecule has 0 spiro atoms. The van der Waals surface area contributed by atoms with Gasteiger partial charge in [-0.25, -0.2) is 0 Å². The van der Waals surface area contributed by atoms with Crippen LogP contribution in [0.5, 0.6) is 11.5 Å². The summed E-state index contributed by atoms with van der Waals surface area (Å²) in [6.07, 6.45) is 5.36. The van der Waals surface area contributed by atoms with E-state index in [1.54, 1.807) is 0 Å². The number of piperazine rings is 1. The van der Waals surface area contributed by atoms with Crippen molar-refractivity contribution in [3.63, 3.8) is 0 Å². The number of aryl methyl sites for hydroxylation is 1. The highest BCUT2D eigenvalue weighted by Crippen LogP contribution is 2.34. The van der Waals surface area contributed by atoms with E-state index in [1.807, 2.05) is 36.1 Å². The van der Waals surface area contributed by atoms with Crippen molar-refractivity contribution in [1.82, 2.24) is 14.4 Å². The first-order chi connectivity index (χ1) is 14.6. The van der Waals surface area contributed by atoms with Gasteiger partial charge in [0.25, 0.3) is 5.91 Å². The predicted molar refractivity (Wildman–Crippen MR) is 116 cm³/mol. The van der Waals surface area contributed by atoms with Crippen molar-refractivity contribution in [1.29, 1.82) is 0 Å².